The third kappa shape index (κ3) is 1.25. The average molecular weight is 178 g/mol. The van der Waals surface area contributed by atoms with E-state index >= 15 is 0 Å². The van der Waals surface area contributed by atoms with Crippen LogP contribution in [0.5, 0.6) is 0 Å². The summed E-state index contributed by atoms with van der Waals surface area (Å²) in [5.41, 5.74) is -0.590. The van der Waals surface area contributed by atoms with Crippen molar-refractivity contribution in [1.29, 1.82) is 0 Å². The van der Waals surface area contributed by atoms with E-state index in [1.807, 2.05) is 12.2 Å². The Kier molecular flexibility index (Phi) is 2.06. The van der Waals surface area contributed by atoms with Gasteiger partial charge in [-0.1, -0.05) is 12.2 Å². The Hall–Kier alpha value is -0.920. The molecule has 0 aromatic rings. The van der Waals surface area contributed by atoms with E-state index in [0.717, 1.165) is 19.3 Å². The molecule has 2 heteroatoms. The van der Waals surface area contributed by atoms with Gasteiger partial charge in [-0.3, -0.25) is 9.59 Å². The van der Waals surface area contributed by atoms with Crippen molar-refractivity contribution in [3.8, 4) is 0 Å². The van der Waals surface area contributed by atoms with E-state index in [1.54, 1.807) is 0 Å². The van der Waals surface area contributed by atoms with Gasteiger partial charge in [0.25, 0.3) is 0 Å². The fourth-order valence-corrected chi connectivity index (χ4v) is 2.41. The molecule has 1 unspecified atom stereocenters. The smallest absolute Gasteiger partial charge is 0.147 e. The molecule has 0 aromatic heterocycles. The van der Waals surface area contributed by atoms with Crippen molar-refractivity contribution in [2.24, 2.45) is 5.41 Å². The van der Waals surface area contributed by atoms with Gasteiger partial charge in [-0.15, -0.1) is 0 Å². The summed E-state index contributed by atoms with van der Waals surface area (Å²) in [6.07, 6.45) is 8.36. The van der Waals surface area contributed by atoms with Crippen LogP contribution in [0.25, 0.3) is 0 Å². The van der Waals surface area contributed by atoms with Crippen molar-refractivity contribution in [1.82, 2.24) is 0 Å². The number of ketones is 2. The first-order chi connectivity index (χ1) is 6.26. The summed E-state index contributed by atoms with van der Waals surface area (Å²) in [6.45, 7) is 0. The third-order valence-corrected chi connectivity index (χ3v) is 3.25. The van der Waals surface area contributed by atoms with Crippen LogP contribution >= 0.6 is 0 Å². The number of hydrogen-bond donors (Lipinski definition) is 0. The molecular weight excluding hydrogens is 164 g/mol. The van der Waals surface area contributed by atoms with E-state index in [4.69, 9.17) is 0 Å². The molecule has 2 aliphatic rings. The fourth-order valence-electron chi connectivity index (χ4n) is 2.41. The molecule has 1 spiro atoms. The second-order valence-corrected chi connectivity index (χ2v) is 4.00. The van der Waals surface area contributed by atoms with Crippen LogP contribution in [0.4, 0.5) is 0 Å². The van der Waals surface area contributed by atoms with E-state index < -0.39 is 5.41 Å². The zero-order chi connectivity index (χ0) is 9.31. The zero-order valence-corrected chi connectivity index (χ0v) is 7.71. The Morgan fingerprint density at radius 3 is 2.54 bits per heavy atom. The largest absolute Gasteiger partial charge is 0.299 e. The highest BCUT2D eigenvalue weighted by molar-refractivity contribution is 6.08. The molecule has 0 bridgehead atoms. The summed E-state index contributed by atoms with van der Waals surface area (Å²) in [4.78, 5) is 23.4. The van der Waals surface area contributed by atoms with Crippen LogP contribution in [0.1, 0.15) is 38.5 Å². The van der Waals surface area contributed by atoms with Gasteiger partial charge in [-0.25, -0.2) is 0 Å². The molecule has 0 radical (unpaired) electrons. The van der Waals surface area contributed by atoms with Gasteiger partial charge in [-0.05, 0) is 25.7 Å². The molecule has 1 fully saturated rings. The first kappa shape index (κ1) is 8.67. The maximum atomic E-state index is 11.8. The third-order valence-electron chi connectivity index (χ3n) is 3.25. The Morgan fingerprint density at radius 2 is 1.85 bits per heavy atom. The maximum absolute atomic E-state index is 11.8. The maximum Gasteiger partial charge on any atom is 0.147 e. The minimum atomic E-state index is -0.590. The van der Waals surface area contributed by atoms with E-state index in [0.29, 0.717) is 19.3 Å². The Balaban J connectivity index is 2.31. The quantitative estimate of drug-likeness (QED) is 0.420. The molecule has 0 heterocycles. The highest BCUT2D eigenvalue weighted by Crippen LogP contribution is 2.41. The van der Waals surface area contributed by atoms with E-state index in [1.165, 1.54) is 0 Å². The number of carbonyl (C=O) groups is 2. The van der Waals surface area contributed by atoms with Gasteiger partial charge in [0.1, 0.15) is 11.6 Å². The highest BCUT2D eigenvalue weighted by atomic mass is 16.2. The lowest BCUT2D eigenvalue weighted by molar-refractivity contribution is -0.138. The molecule has 0 aromatic carbocycles. The lowest BCUT2D eigenvalue weighted by Gasteiger charge is -2.22. The average Bonchev–Trinajstić information content (AvgIpc) is 2.36. The first-order valence-corrected chi connectivity index (χ1v) is 4.97. The lowest BCUT2D eigenvalue weighted by atomic mass is 9.77. The predicted molar refractivity (Wildman–Crippen MR) is 49.3 cm³/mol. The van der Waals surface area contributed by atoms with Crippen LogP contribution in [0, 0.1) is 5.41 Å². The zero-order valence-electron chi connectivity index (χ0n) is 7.71. The van der Waals surface area contributed by atoms with E-state index in [9.17, 15) is 9.59 Å². The van der Waals surface area contributed by atoms with Crippen molar-refractivity contribution >= 4 is 11.6 Å². The van der Waals surface area contributed by atoms with Crippen molar-refractivity contribution in [2.75, 3.05) is 0 Å². The molecule has 13 heavy (non-hydrogen) atoms. The summed E-state index contributed by atoms with van der Waals surface area (Å²) in [5, 5.41) is 0. The summed E-state index contributed by atoms with van der Waals surface area (Å²) in [6, 6.07) is 0. The fraction of sp³-hybridized carbons (Fsp3) is 0.636. The molecule has 70 valence electrons. The highest BCUT2D eigenvalue weighted by Gasteiger charge is 2.46. The predicted octanol–water partition coefficient (Wildman–Crippen LogP) is 2.04. The van der Waals surface area contributed by atoms with Gasteiger partial charge in [0, 0.05) is 12.8 Å². The summed E-state index contributed by atoms with van der Waals surface area (Å²) < 4.78 is 0. The number of hydrogen-bond acceptors (Lipinski definition) is 2. The minimum absolute atomic E-state index is 0.181. The van der Waals surface area contributed by atoms with Crippen molar-refractivity contribution in [2.45, 2.75) is 38.5 Å². The molecule has 1 atom stereocenters. The van der Waals surface area contributed by atoms with Crippen LogP contribution in [0.3, 0.4) is 0 Å². The van der Waals surface area contributed by atoms with Crippen molar-refractivity contribution in [3.63, 3.8) is 0 Å². The van der Waals surface area contributed by atoms with Crippen LogP contribution in [-0.4, -0.2) is 11.6 Å². The number of Topliss-reactive ketones (excluding diaryl/α,β-unsaturated/α-hetero) is 2. The first-order valence-electron chi connectivity index (χ1n) is 4.97. The SMILES string of the molecule is O=C1CCC=CCC12CCCC2=O. The van der Waals surface area contributed by atoms with Gasteiger partial charge in [0.05, 0.1) is 5.41 Å². The summed E-state index contributed by atoms with van der Waals surface area (Å²) in [7, 11) is 0. The molecule has 1 saturated carbocycles. The summed E-state index contributed by atoms with van der Waals surface area (Å²) in [5.74, 6) is 0.365. The van der Waals surface area contributed by atoms with Crippen molar-refractivity contribution < 1.29 is 9.59 Å². The monoisotopic (exact) mass is 178 g/mol. The molecule has 2 rings (SSSR count). The topological polar surface area (TPSA) is 34.1 Å². The number of allylic oxidation sites excluding steroid dienone is 2. The number of rotatable bonds is 0. The Morgan fingerprint density at radius 1 is 1.08 bits per heavy atom. The molecule has 0 amide bonds. The molecule has 0 N–H and O–H groups in total. The van der Waals surface area contributed by atoms with Crippen LogP contribution < -0.4 is 0 Å². The van der Waals surface area contributed by atoms with Gasteiger partial charge in [-0.2, -0.15) is 0 Å². The van der Waals surface area contributed by atoms with Gasteiger partial charge >= 0.3 is 0 Å². The molecule has 2 nitrogen and oxygen atoms in total. The van der Waals surface area contributed by atoms with Crippen LogP contribution in [-0.2, 0) is 9.59 Å². The molecule has 0 aliphatic heterocycles. The lowest BCUT2D eigenvalue weighted by Crippen LogP contribution is -2.34. The molecule has 0 saturated heterocycles. The Labute approximate surface area is 78.0 Å². The van der Waals surface area contributed by atoms with Gasteiger partial charge in [0.2, 0.25) is 0 Å². The van der Waals surface area contributed by atoms with Gasteiger partial charge < -0.3 is 0 Å². The summed E-state index contributed by atoms with van der Waals surface area (Å²) >= 11 is 0. The van der Waals surface area contributed by atoms with E-state index in [2.05, 4.69) is 0 Å². The van der Waals surface area contributed by atoms with Crippen molar-refractivity contribution in [3.05, 3.63) is 12.2 Å². The normalized spacial score (nSPS) is 34.2. The molecular formula is C11H14O2. The standard InChI is InChI=1S/C11H14O2/c12-9-5-2-1-3-7-11(9)8-4-6-10(11)13/h1,3H,2,4-8H2. The van der Waals surface area contributed by atoms with Crippen LogP contribution in [0.2, 0.25) is 0 Å². The minimum Gasteiger partial charge on any atom is -0.299 e. The number of carbonyl (C=O) groups excluding carboxylic acids is 2. The van der Waals surface area contributed by atoms with E-state index in [-0.39, 0.29) is 11.6 Å². The Bertz CT molecular complexity index is 278. The molecule has 2 aliphatic carbocycles. The second kappa shape index (κ2) is 3.09. The second-order valence-electron chi connectivity index (χ2n) is 4.00. The van der Waals surface area contributed by atoms with Crippen LogP contribution in [0.15, 0.2) is 12.2 Å². The van der Waals surface area contributed by atoms with Gasteiger partial charge in [0.15, 0.2) is 0 Å².